The summed E-state index contributed by atoms with van der Waals surface area (Å²) >= 11 is 0. The van der Waals surface area contributed by atoms with Crippen LogP contribution in [0.5, 0.6) is 0 Å². The van der Waals surface area contributed by atoms with Crippen molar-refractivity contribution in [2.45, 2.75) is 32.2 Å². The van der Waals surface area contributed by atoms with Gasteiger partial charge in [0.15, 0.2) is 0 Å². The lowest BCUT2D eigenvalue weighted by molar-refractivity contribution is -0.0633. The maximum atomic E-state index is 9.82. The average molecular weight is 198 g/mol. The summed E-state index contributed by atoms with van der Waals surface area (Å²) in [6.45, 7) is 7.48. The molecule has 1 rings (SSSR count). The van der Waals surface area contributed by atoms with Gasteiger partial charge in [-0.3, -0.25) is 0 Å². The number of hydrogen-bond acceptors (Lipinski definition) is 3. The van der Waals surface area contributed by atoms with E-state index in [9.17, 15) is 5.11 Å². The topological polar surface area (TPSA) is 38.7 Å². The standard InChI is InChI=1S/C11H18O3/c1-5-9(13-4)11-8(3)10(12)7(2)6-14-11/h5-6,8-12H,1H2,2-4H3/t8-,9+,10?,11?/m1/s1. The van der Waals surface area contributed by atoms with Gasteiger partial charge in [-0.2, -0.15) is 0 Å². The van der Waals surface area contributed by atoms with E-state index < -0.39 is 6.10 Å². The Morgan fingerprint density at radius 1 is 1.71 bits per heavy atom. The van der Waals surface area contributed by atoms with E-state index in [2.05, 4.69) is 6.58 Å². The normalized spacial score (nSPS) is 34.3. The van der Waals surface area contributed by atoms with Gasteiger partial charge in [-0.15, -0.1) is 6.58 Å². The molecular weight excluding hydrogens is 180 g/mol. The van der Waals surface area contributed by atoms with Gasteiger partial charge in [0.1, 0.15) is 12.2 Å². The van der Waals surface area contributed by atoms with Gasteiger partial charge in [-0.1, -0.05) is 13.0 Å². The second-order valence-electron chi connectivity index (χ2n) is 3.70. The number of rotatable bonds is 3. The highest BCUT2D eigenvalue weighted by atomic mass is 16.5. The minimum absolute atomic E-state index is 0.0166. The summed E-state index contributed by atoms with van der Waals surface area (Å²) in [5.41, 5.74) is 0.854. The molecule has 0 amide bonds. The van der Waals surface area contributed by atoms with Crippen LogP contribution in [0, 0.1) is 5.92 Å². The molecular formula is C11H18O3. The van der Waals surface area contributed by atoms with Gasteiger partial charge in [0, 0.05) is 13.0 Å². The molecule has 0 bridgehead atoms. The first-order chi connectivity index (χ1) is 6.61. The molecule has 0 aromatic carbocycles. The van der Waals surface area contributed by atoms with Crippen LogP contribution in [0.1, 0.15) is 13.8 Å². The van der Waals surface area contributed by atoms with Gasteiger partial charge in [-0.25, -0.2) is 0 Å². The van der Waals surface area contributed by atoms with Crippen molar-refractivity contribution in [2.24, 2.45) is 5.92 Å². The molecule has 0 aromatic rings. The first kappa shape index (κ1) is 11.3. The molecule has 0 saturated heterocycles. The number of aliphatic hydroxyl groups is 1. The maximum Gasteiger partial charge on any atom is 0.133 e. The minimum atomic E-state index is -0.452. The van der Waals surface area contributed by atoms with E-state index in [4.69, 9.17) is 9.47 Å². The van der Waals surface area contributed by atoms with E-state index in [-0.39, 0.29) is 18.1 Å². The van der Waals surface area contributed by atoms with Gasteiger partial charge < -0.3 is 14.6 Å². The molecule has 4 atom stereocenters. The summed E-state index contributed by atoms with van der Waals surface area (Å²) in [6.07, 6.45) is 2.51. The van der Waals surface area contributed by atoms with Crippen LogP contribution < -0.4 is 0 Å². The Morgan fingerprint density at radius 2 is 2.36 bits per heavy atom. The third-order valence-corrected chi connectivity index (χ3v) is 2.72. The van der Waals surface area contributed by atoms with Crippen molar-refractivity contribution in [1.29, 1.82) is 0 Å². The van der Waals surface area contributed by atoms with E-state index in [0.717, 1.165) is 5.57 Å². The quantitative estimate of drug-likeness (QED) is 0.698. The van der Waals surface area contributed by atoms with Gasteiger partial charge >= 0.3 is 0 Å². The van der Waals surface area contributed by atoms with Crippen molar-refractivity contribution in [3.8, 4) is 0 Å². The molecule has 0 aromatic heterocycles. The lowest BCUT2D eigenvalue weighted by atomic mass is 9.88. The van der Waals surface area contributed by atoms with E-state index >= 15 is 0 Å². The summed E-state index contributed by atoms with van der Waals surface area (Å²) in [7, 11) is 1.61. The molecule has 0 fully saturated rings. The monoisotopic (exact) mass is 198 g/mol. The zero-order valence-electron chi connectivity index (χ0n) is 8.93. The molecule has 2 unspecified atom stereocenters. The minimum Gasteiger partial charge on any atom is -0.495 e. The summed E-state index contributed by atoms with van der Waals surface area (Å²) < 4.78 is 10.7. The Morgan fingerprint density at radius 3 is 2.86 bits per heavy atom. The molecule has 14 heavy (non-hydrogen) atoms. The van der Waals surface area contributed by atoms with Crippen molar-refractivity contribution in [1.82, 2.24) is 0 Å². The predicted molar refractivity (Wildman–Crippen MR) is 54.8 cm³/mol. The van der Waals surface area contributed by atoms with Crippen molar-refractivity contribution in [3.05, 3.63) is 24.5 Å². The Hall–Kier alpha value is -0.800. The molecule has 1 aliphatic rings. The smallest absolute Gasteiger partial charge is 0.133 e. The number of hydrogen-bond donors (Lipinski definition) is 1. The van der Waals surface area contributed by atoms with E-state index in [1.165, 1.54) is 0 Å². The molecule has 3 heteroatoms. The van der Waals surface area contributed by atoms with Crippen LogP contribution in [-0.2, 0) is 9.47 Å². The Bertz CT molecular complexity index is 235. The molecule has 3 nitrogen and oxygen atoms in total. The maximum absolute atomic E-state index is 9.82. The van der Waals surface area contributed by atoms with Gasteiger partial charge in [0.25, 0.3) is 0 Å². The van der Waals surface area contributed by atoms with E-state index in [1.807, 2.05) is 13.8 Å². The SMILES string of the molecule is C=C[C@H](OC)C1OC=C(C)C(O)[C@H]1C. The molecule has 1 aliphatic heterocycles. The number of ether oxygens (including phenoxy) is 2. The fourth-order valence-corrected chi connectivity index (χ4v) is 1.71. The average Bonchev–Trinajstić information content (AvgIpc) is 2.19. The molecule has 0 saturated carbocycles. The molecule has 0 radical (unpaired) electrons. The highest BCUT2D eigenvalue weighted by Gasteiger charge is 2.34. The van der Waals surface area contributed by atoms with Crippen molar-refractivity contribution >= 4 is 0 Å². The van der Waals surface area contributed by atoms with Gasteiger partial charge in [0.05, 0.1) is 12.4 Å². The zero-order chi connectivity index (χ0) is 10.7. The van der Waals surface area contributed by atoms with Gasteiger partial charge in [0.2, 0.25) is 0 Å². The first-order valence-corrected chi connectivity index (χ1v) is 4.77. The summed E-state index contributed by atoms with van der Waals surface area (Å²) in [6, 6.07) is 0. The lowest BCUT2D eigenvalue weighted by Gasteiger charge is -2.35. The second-order valence-corrected chi connectivity index (χ2v) is 3.70. The Kier molecular flexibility index (Phi) is 3.72. The fraction of sp³-hybridized carbons (Fsp3) is 0.636. The second kappa shape index (κ2) is 4.62. The van der Waals surface area contributed by atoms with Crippen molar-refractivity contribution in [2.75, 3.05) is 7.11 Å². The number of aliphatic hydroxyl groups excluding tert-OH is 1. The van der Waals surface area contributed by atoms with Gasteiger partial charge in [-0.05, 0) is 12.5 Å². The highest BCUT2D eigenvalue weighted by molar-refractivity contribution is 5.09. The predicted octanol–water partition coefficient (Wildman–Crippen LogP) is 1.49. The fourth-order valence-electron chi connectivity index (χ4n) is 1.71. The molecule has 80 valence electrons. The van der Waals surface area contributed by atoms with Crippen molar-refractivity contribution < 1.29 is 14.6 Å². The van der Waals surface area contributed by atoms with Crippen LogP contribution in [0.3, 0.4) is 0 Å². The largest absolute Gasteiger partial charge is 0.495 e. The lowest BCUT2D eigenvalue weighted by Crippen LogP contribution is -2.42. The molecule has 0 spiro atoms. The van der Waals surface area contributed by atoms with Crippen LogP contribution in [0.2, 0.25) is 0 Å². The first-order valence-electron chi connectivity index (χ1n) is 4.77. The van der Waals surface area contributed by atoms with Crippen LogP contribution in [0.4, 0.5) is 0 Å². The Labute approximate surface area is 85.0 Å². The highest BCUT2D eigenvalue weighted by Crippen LogP contribution is 2.27. The van der Waals surface area contributed by atoms with Crippen LogP contribution in [-0.4, -0.2) is 30.5 Å². The Balaban J connectivity index is 2.77. The molecule has 0 aliphatic carbocycles. The van der Waals surface area contributed by atoms with Crippen molar-refractivity contribution in [3.63, 3.8) is 0 Å². The van der Waals surface area contributed by atoms with Crippen LogP contribution >= 0.6 is 0 Å². The molecule has 1 heterocycles. The van der Waals surface area contributed by atoms with E-state index in [0.29, 0.717) is 0 Å². The zero-order valence-corrected chi connectivity index (χ0v) is 8.93. The van der Waals surface area contributed by atoms with E-state index in [1.54, 1.807) is 19.4 Å². The molecule has 1 N–H and O–H groups in total. The third-order valence-electron chi connectivity index (χ3n) is 2.72. The number of methoxy groups -OCH3 is 1. The van der Waals surface area contributed by atoms with Crippen LogP contribution in [0.15, 0.2) is 24.5 Å². The summed E-state index contributed by atoms with van der Waals surface area (Å²) in [4.78, 5) is 0. The third kappa shape index (κ3) is 1.99. The van der Waals surface area contributed by atoms with Crippen LogP contribution in [0.25, 0.3) is 0 Å². The summed E-state index contributed by atoms with van der Waals surface area (Å²) in [5, 5.41) is 9.82. The summed E-state index contributed by atoms with van der Waals surface area (Å²) in [5.74, 6) is 0.0166.